The smallest absolute Gasteiger partial charge is 0.870 e. The van der Waals surface area contributed by atoms with Crippen LogP contribution in [0.3, 0.4) is 0 Å². The summed E-state index contributed by atoms with van der Waals surface area (Å²) in [5, 5.41) is 10.4. The maximum Gasteiger partial charge on any atom is 1.00 e. The van der Waals surface area contributed by atoms with Gasteiger partial charge in [0, 0.05) is 11.9 Å². The quantitative estimate of drug-likeness (QED) is 0.110. The van der Waals surface area contributed by atoms with Crippen molar-refractivity contribution < 1.29 is 93.6 Å². The van der Waals surface area contributed by atoms with Gasteiger partial charge in [-0.05, 0) is 45.4 Å². The molecule has 1 N–H and O–H groups in total. The molecule has 0 spiro atoms. The first-order valence-electron chi connectivity index (χ1n) is 8.16. The van der Waals surface area contributed by atoms with E-state index in [2.05, 4.69) is 17.9 Å². The van der Waals surface area contributed by atoms with Crippen molar-refractivity contribution in [2.45, 2.75) is 45.4 Å². The fourth-order valence-electron chi connectivity index (χ4n) is 1.99. The van der Waals surface area contributed by atoms with Crippen molar-refractivity contribution in [1.29, 1.82) is 0 Å². The predicted octanol–water partition coefficient (Wildman–Crippen LogP) is -4.27. The largest absolute Gasteiger partial charge is 1.00 e. The van der Waals surface area contributed by atoms with Gasteiger partial charge in [-0.2, -0.15) is 0 Å². The van der Waals surface area contributed by atoms with E-state index in [1.54, 1.807) is 0 Å². The van der Waals surface area contributed by atoms with Gasteiger partial charge in [0.2, 0.25) is 0 Å². The van der Waals surface area contributed by atoms with E-state index in [4.69, 9.17) is 0 Å². The second-order valence-electron chi connectivity index (χ2n) is 5.63. The van der Waals surface area contributed by atoms with Crippen LogP contribution in [0.1, 0.15) is 45.4 Å². The van der Waals surface area contributed by atoms with Crippen LogP contribution in [0.4, 0.5) is 0 Å². The van der Waals surface area contributed by atoms with E-state index in [0.717, 1.165) is 19.3 Å². The van der Waals surface area contributed by atoms with E-state index in [-0.39, 0.29) is 76.8 Å². The number of carboxylic acid groups (broad SMARTS) is 1. The number of hydrogen-bond donors (Lipinski definition) is 0. The SMILES string of the molecule is C=CCC1C(=O)OC1=O.C=CCCC/C=C/CC(CC(=O)[O-])C(C)=O.[Na+].[Na+].[OH-]. The van der Waals surface area contributed by atoms with Crippen LogP contribution in [0.15, 0.2) is 37.5 Å². The molecule has 0 aromatic rings. The number of rotatable bonds is 11. The molecule has 1 saturated heterocycles. The van der Waals surface area contributed by atoms with E-state index in [0.29, 0.717) is 12.8 Å². The van der Waals surface area contributed by atoms with Crippen LogP contribution in [0, 0.1) is 11.8 Å². The fourth-order valence-corrected chi connectivity index (χ4v) is 1.99. The minimum Gasteiger partial charge on any atom is -0.870 e. The van der Waals surface area contributed by atoms with Gasteiger partial charge >= 0.3 is 71.1 Å². The number of carboxylic acids is 1. The van der Waals surface area contributed by atoms with E-state index in [9.17, 15) is 24.3 Å². The molecule has 146 valence electrons. The summed E-state index contributed by atoms with van der Waals surface area (Å²) in [5.41, 5.74) is 0. The van der Waals surface area contributed by atoms with Crippen molar-refractivity contribution in [2.75, 3.05) is 0 Å². The monoisotopic (exact) mass is 412 g/mol. The number of carbonyl (C=O) groups excluding carboxylic acids is 4. The molecule has 28 heavy (non-hydrogen) atoms. The average Bonchev–Trinajstić information content (AvgIpc) is 2.55. The van der Waals surface area contributed by atoms with Crippen molar-refractivity contribution in [3.63, 3.8) is 0 Å². The third-order valence-corrected chi connectivity index (χ3v) is 3.53. The Hall–Kier alpha value is -0.540. The molecule has 0 aromatic heterocycles. The molecule has 0 aromatic carbocycles. The molecule has 0 saturated carbocycles. The Labute approximate surface area is 210 Å². The number of allylic oxidation sites excluding steroid dienone is 4. The molecular weight excluding hydrogens is 386 g/mol. The van der Waals surface area contributed by atoms with Crippen molar-refractivity contribution in [3.05, 3.63) is 37.5 Å². The van der Waals surface area contributed by atoms with Crippen LogP contribution < -0.4 is 64.2 Å². The van der Waals surface area contributed by atoms with Gasteiger partial charge in [0.15, 0.2) is 5.92 Å². The minimum atomic E-state index is -1.17. The Morgan fingerprint density at radius 1 is 1.11 bits per heavy atom. The van der Waals surface area contributed by atoms with Crippen molar-refractivity contribution in [3.8, 4) is 0 Å². The normalized spacial score (nSPS) is 13.2. The first-order chi connectivity index (χ1) is 11.8. The number of esters is 2. The van der Waals surface area contributed by atoms with Gasteiger partial charge in [-0.25, -0.2) is 0 Å². The van der Waals surface area contributed by atoms with E-state index in [1.807, 2.05) is 18.2 Å². The standard InChI is InChI=1S/C13H20O3.C6H6O3.2Na.H2O/c1-3-4-5-6-7-8-9-12(11(2)14)10-13(15)16;1-2-3-4-5(7)9-6(4)8;;;/h3,7-8,12H,1,4-6,9-10H2,2H3,(H,15,16);2,4H,1,3H2;;;1H2/q;;2*+1;/p-2/b8-7+;;;;. The second kappa shape index (κ2) is 21.2. The maximum absolute atomic E-state index is 11.1. The molecule has 1 atom stereocenters. The molecule has 1 unspecified atom stereocenters. The van der Waals surface area contributed by atoms with Gasteiger partial charge in [0.25, 0.3) is 0 Å². The van der Waals surface area contributed by atoms with Crippen LogP contribution in [-0.4, -0.2) is 29.2 Å². The topological polar surface area (TPSA) is 131 Å². The van der Waals surface area contributed by atoms with Crippen LogP contribution in [0.5, 0.6) is 0 Å². The summed E-state index contributed by atoms with van der Waals surface area (Å²) in [6, 6.07) is 0. The molecule has 9 heteroatoms. The molecule has 0 amide bonds. The van der Waals surface area contributed by atoms with Crippen LogP contribution >= 0.6 is 0 Å². The fraction of sp³-hybridized carbons (Fsp3) is 0.474. The molecule has 1 aliphatic heterocycles. The summed E-state index contributed by atoms with van der Waals surface area (Å²) in [6.45, 7) is 8.43. The minimum absolute atomic E-state index is 0. The molecule has 0 aliphatic carbocycles. The van der Waals surface area contributed by atoms with Crippen molar-refractivity contribution >= 4 is 23.7 Å². The van der Waals surface area contributed by atoms with E-state index >= 15 is 0 Å². The van der Waals surface area contributed by atoms with Crippen molar-refractivity contribution in [1.82, 2.24) is 0 Å². The van der Waals surface area contributed by atoms with Gasteiger partial charge < -0.3 is 20.1 Å². The average molecular weight is 412 g/mol. The zero-order valence-electron chi connectivity index (χ0n) is 17.0. The molecule has 7 nitrogen and oxygen atoms in total. The summed E-state index contributed by atoms with van der Waals surface area (Å²) in [7, 11) is 0. The second-order valence-corrected chi connectivity index (χ2v) is 5.63. The molecule has 0 bridgehead atoms. The van der Waals surface area contributed by atoms with E-state index < -0.39 is 29.7 Å². The summed E-state index contributed by atoms with van der Waals surface area (Å²) in [5.74, 6) is -3.12. The number of aliphatic carboxylic acids is 1. The third-order valence-electron chi connectivity index (χ3n) is 3.53. The van der Waals surface area contributed by atoms with Crippen LogP contribution in [0.2, 0.25) is 0 Å². The number of unbranched alkanes of at least 4 members (excludes halogenated alkanes) is 2. The van der Waals surface area contributed by atoms with Gasteiger partial charge in [-0.15, -0.1) is 13.2 Å². The molecule has 1 rings (SSSR count). The Morgan fingerprint density at radius 3 is 2.04 bits per heavy atom. The molecule has 1 fully saturated rings. The van der Waals surface area contributed by atoms with Crippen molar-refractivity contribution in [2.24, 2.45) is 11.8 Å². The van der Waals surface area contributed by atoms with Gasteiger partial charge in [-0.1, -0.05) is 24.3 Å². The number of hydrogen-bond acceptors (Lipinski definition) is 7. The van der Waals surface area contributed by atoms with Gasteiger partial charge in [0.1, 0.15) is 5.78 Å². The number of carbonyl (C=O) groups is 4. The third kappa shape index (κ3) is 16.4. The summed E-state index contributed by atoms with van der Waals surface area (Å²) < 4.78 is 4.08. The molecule has 0 radical (unpaired) electrons. The summed E-state index contributed by atoms with van der Waals surface area (Å²) in [4.78, 5) is 42.2. The van der Waals surface area contributed by atoms with Gasteiger partial charge in [0.05, 0.1) is 0 Å². The van der Waals surface area contributed by atoms with Gasteiger partial charge in [-0.3, -0.25) is 14.4 Å². The summed E-state index contributed by atoms with van der Waals surface area (Å²) in [6.07, 6.45) is 10.9. The van der Waals surface area contributed by atoms with Crippen LogP contribution in [-0.2, 0) is 23.9 Å². The zero-order chi connectivity index (χ0) is 19.2. The maximum atomic E-state index is 11.1. The summed E-state index contributed by atoms with van der Waals surface area (Å²) >= 11 is 0. The predicted molar refractivity (Wildman–Crippen MR) is 92.9 cm³/mol. The Morgan fingerprint density at radius 2 is 1.68 bits per heavy atom. The Bertz CT molecular complexity index is 530. The van der Waals surface area contributed by atoms with Crippen LogP contribution in [0.25, 0.3) is 0 Å². The Kier molecular flexibility index (Phi) is 26.4. The number of ketones is 1. The van der Waals surface area contributed by atoms with E-state index in [1.165, 1.54) is 13.0 Å². The number of Topliss-reactive ketones (excluding diaryl/α,β-unsaturated/α-hetero) is 1. The molecular formula is C19H26Na2O7. The molecule has 1 heterocycles. The first-order valence-corrected chi connectivity index (χ1v) is 8.16. The Balaban J connectivity index is -0.000000207. The first kappa shape index (κ1) is 34.9. The zero-order valence-corrected chi connectivity index (χ0v) is 21.0. The molecule has 1 aliphatic rings. The number of ether oxygens (including phenoxy) is 1. The number of cyclic esters (lactones) is 2.